The van der Waals surface area contributed by atoms with Gasteiger partial charge in [-0.05, 0) is 52.3 Å². The third-order valence-electron chi connectivity index (χ3n) is 5.30. The molecule has 2 aromatic heterocycles. The zero-order chi connectivity index (χ0) is 20.1. The minimum Gasteiger partial charge on any atom is -0.488 e. The van der Waals surface area contributed by atoms with Crippen molar-refractivity contribution in [3.05, 3.63) is 30.4 Å². The number of nitrogens with zero attached hydrogens (tertiary/aromatic N) is 3. The standard InChI is InChI=1S/C21H28N6O/c1-12(15-8-19(22)23-9-15)28-18-7-14(6-17-20(18)26-13(2)25-17)16-10-24-27(11-16)21(3,4)5/h6-7,10-12,15H,8-9H2,1-5H3,(H2,22,23)(H,25,26)/t12-,15-/m1/s1. The highest BCUT2D eigenvalue weighted by Crippen LogP contribution is 2.33. The van der Waals surface area contributed by atoms with E-state index in [2.05, 4.69) is 66.4 Å². The van der Waals surface area contributed by atoms with Crippen LogP contribution in [0.5, 0.6) is 5.75 Å². The Morgan fingerprint density at radius 3 is 2.71 bits per heavy atom. The number of aromatic nitrogens is 4. The van der Waals surface area contributed by atoms with Crippen LogP contribution < -0.4 is 10.1 Å². The number of benzene rings is 1. The zero-order valence-electron chi connectivity index (χ0n) is 17.1. The van der Waals surface area contributed by atoms with Crippen molar-refractivity contribution in [3.63, 3.8) is 0 Å². The quantitative estimate of drug-likeness (QED) is 0.641. The van der Waals surface area contributed by atoms with Crippen LogP contribution in [-0.4, -0.2) is 38.2 Å². The lowest BCUT2D eigenvalue weighted by molar-refractivity contribution is 0.165. The second kappa shape index (κ2) is 6.65. The van der Waals surface area contributed by atoms with E-state index >= 15 is 0 Å². The van der Waals surface area contributed by atoms with Crippen LogP contribution >= 0.6 is 0 Å². The van der Waals surface area contributed by atoms with Crippen molar-refractivity contribution >= 4 is 16.9 Å². The Morgan fingerprint density at radius 1 is 1.29 bits per heavy atom. The van der Waals surface area contributed by atoms with Gasteiger partial charge in [-0.25, -0.2) is 4.98 Å². The normalized spacial score (nSPS) is 18.5. The lowest BCUT2D eigenvalue weighted by Gasteiger charge is -2.20. The number of hydrogen-bond donors (Lipinski definition) is 3. The third-order valence-corrected chi connectivity index (χ3v) is 5.30. The Morgan fingerprint density at radius 2 is 2.07 bits per heavy atom. The first-order valence-electron chi connectivity index (χ1n) is 9.74. The third kappa shape index (κ3) is 3.48. The van der Waals surface area contributed by atoms with E-state index < -0.39 is 0 Å². The van der Waals surface area contributed by atoms with Crippen molar-refractivity contribution in [2.24, 2.45) is 5.92 Å². The van der Waals surface area contributed by atoms with Gasteiger partial charge in [0.25, 0.3) is 0 Å². The molecule has 3 N–H and O–H groups in total. The summed E-state index contributed by atoms with van der Waals surface area (Å²) >= 11 is 0. The van der Waals surface area contributed by atoms with Gasteiger partial charge in [-0.1, -0.05) is 0 Å². The lowest BCUT2D eigenvalue weighted by atomic mass is 10.0. The first-order valence-corrected chi connectivity index (χ1v) is 9.74. The van der Waals surface area contributed by atoms with E-state index in [9.17, 15) is 0 Å². The maximum atomic E-state index is 7.79. The number of aromatic amines is 1. The Kier molecular flexibility index (Phi) is 4.40. The fourth-order valence-electron chi connectivity index (χ4n) is 3.59. The van der Waals surface area contributed by atoms with Crippen molar-refractivity contribution in [3.8, 4) is 16.9 Å². The molecule has 28 heavy (non-hydrogen) atoms. The van der Waals surface area contributed by atoms with Gasteiger partial charge >= 0.3 is 0 Å². The van der Waals surface area contributed by atoms with Gasteiger partial charge in [-0.3, -0.25) is 10.1 Å². The van der Waals surface area contributed by atoms with Crippen LogP contribution in [0, 0.1) is 18.3 Å². The summed E-state index contributed by atoms with van der Waals surface area (Å²) in [7, 11) is 0. The predicted octanol–water partition coefficient (Wildman–Crippen LogP) is 3.84. The molecule has 0 aliphatic carbocycles. The van der Waals surface area contributed by atoms with E-state index in [-0.39, 0.29) is 11.6 Å². The Balaban J connectivity index is 1.71. The van der Waals surface area contributed by atoms with Crippen LogP contribution in [0.25, 0.3) is 22.2 Å². The van der Waals surface area contributed by atoms with Crippen molar-refractivity contribution < 1.29 is 4.74 Å². The molecule has 0 unspecified atom stereocenters. The van der Waals surface area contributed by atoms with Gasteiger partial charge in [0.2, 0.25) is 0 Å². The fourth-order valence-corrected chi connectivity index (χ4v) is 3.59. The number of H-pyrrole nitrogens is 1. The topological polar surface area (TPSA) is 91.6 Å². The molecule has 0 saturated carbocycles. The van der Waals surface area contributed by atoms with E-state index in [1.54, 1.807) is 0 Å². The van der Waals surface area contributed by atoms with Crippen molar-refractivity contribution in [2.45, 2.75) is 52.7 Å². The van der Waals surface area contributed by atoms with E-state index in [1.807, 2.05) is 17.8 Å². The molecule has 2 atom stereocenters. The van der Waals surface area contributed by atoms with Crippen molar-refractivity contribution in [1.29, 1.82) is 5.41 Å². The van der Waals surface area contributed by atoms with Crippen LogP contribution in [0.1, 0.15) is 39.9 Å². The smallest absolute Gasteiger partial charge is 0.146 e. The average molecular weight is 380 g/mol. The van der Waals surface area contributed by atoms with E-state index in [4.69, 9.17) is 10.1 Å². The molecule has 3 aromatic rings. The molecule has 1 aliphatic heterocycles. The van der Waals surface area contributed by atoms with Gasteiger partial charge < -0.3 is 15.0 Å². The van der Waals surface area contributed by atoms with Gasteiger partial charge in [-0.2, -0.15) is 5.10 Å². The highest BCUT2D eigenvalue weighted by Gasteiger charge is 2.27. The van der Waals surface area contributed by atoms with E-state index in [1.165, 1.54) is 0 Å². The molecule has 0 spiro atoms. The highest BCUT2D eigenvalue weighted by molar-refractivity contribution is 5.87. The fraction of sp³-hybridized carbons (Fsp3) is 0.476. The molecule has 148 valence electrons. The van der Waals surface area contributed by atoms with Crippen molar-refractivity contribution in [2.75, 3.05) is 6.54 Å². The highest BCUT2D eigenvalue weighted by atomic mass is 16.5. The number of amidine groups is 1. The molecule has 1 fully saturated rings. The van der Waals surface area contributed by atoms with Crippen LogP contribution in [0.15, 0.2) is 24.5 Å². The number of rotatable bonds is 4. The summed E-state index contributed by atoms with van der Waals surface area (Å²) in [6.07, 6.45) is 4.68. The summed E-state index contributed by atoms with van der Waals surface area (Å²) in [5.74, 6) is 2.53. The van der Waals surface area contributed by atoms with Crippen LogP contribution in [0.4, 0.5) is 0 Å². The SMILES string of the molecule is Cc1nc2cc(-c3cnn(C(C)(C)C)c3)cc(O[C@H](C)[C@H]3CNC(=N)C3)c2[nH]1. The molecular weight excluding hydrogens is 352 g/mol. The number of nitrogens with one attached hydrogen (secondary N) is 3. The molecule has 7 nitrogen and oxygen atoms in total. The number of ether oxygens (including phenoxy) is 1. The maximum Gasteiger partial charge on any atom is 0.146 e. The number of hydrogen-bond acceptors (Lipinski definition) is 4. The van der Waals surface area contributed by atoms with Gasteiger partial charge in [0.15, 0.2) is 0 Å². The molecule has 1 aliphatic rings. The number of aryl methyl sites for hydroxylation is 1. The summed E-state index contributed by atoms with van der Waals surface area (Å²) in [4.78, 5) is 7.95. The van der Waals surface area contributed by atoms with Crippen molar-refractivity contribution in [1.82, 2.24) is 25.1 Å². The molecule has 0 radical (unpaired) electrons. The Bertz CT molecular complexity index is 1030. The second-order valence-corrected chi connectivity index (χ2v) is 8.68. The number of fused-ring (bicyclic) bond motifs is 1. The van der Waals surface area contributed by atoms with E-state index in [0.717, 1.165) is 46.7 Å². The molecule has 4 rings (SSSR count). The summed E-state index contributed by atoms with van der Waals surface area (Å²) < 4.78 is 8.35. The van der Waals surface area contributed by atoms with Crippen LogP contribution in [0.2, 0.25) is 0 Å². The summed E-state index contributed by atoms with van der Waals surface area (Å²) in [6, 6.07) is 4.14. The molecule has 7 heteroatoms. The molecule has 0 amide bonds. The lowest BCUT2D eigenvalue weighted by Crippen LogP contribution is -2.25. The van der Waals surface area contributed by atoms with E-state index in [0.29, 0.717) is 11.8 Å². The number of imidazole rings is 1. The van der Waals surface area contributed by atoms with Gasteiger partial charge in [0.1, 0.15) is 23.2 Å². The molecule has 3 heterocycles. The van der Waals surface area contributed by atoms with Crippen LogP contribution in [0.3, 0.4) is 0 Å². The molecule has 0 bridgehead atoms. The predicted molar refractivity (Wildman–Crippen MR) is 111 cm³/mol. The first kappa shape index (κ1) is 18.5. The monoisotopic (exact) mass is 380 g/mol. The van der Waals surface area contributed by atoms with Gasteiger partial charge in [-0.15, -0.1) is 0 Å². The summed E-state index contributed by atoms with van der Waals surface area (Å²) in [5, 5.41) is 15.4. The Hall–Kier alpha value is -2.83. The van der Waals surface area contributed by atoms with Crippen LogP contribution in [-0.2, 0) is 5.54 Å². The minimum atomic E-state index is -0.0704. The molecular formula is C21H28N6O. The minimum absolute atomic E-state index is 0.00490. The van der Waals surface area contributed by atoms with Gasteiger partial charge in [0.05, 0.1) is 23.1 Å². The largest absolute Gasteiger partial charge is 0.488 e. The summed E-state index contributed by atoms with van der Waals surface area (Å²) in [6.45, 7) is 11.2. The Labute approximate surface area is 165 Å². The first-order chi connectivity index (χ1) is 13.2. The van der Waals surface area contributed by atoms with Gasteiger partial charge in [0, 0.05) is 30.6 Å². The second-order valence-electron chi connectivity index (χ2n) is 8.68. The molecule has 1 aromatic carbocycles. The molecule has 1 saturated heterocycles. The maximum absolute atomic E-state index is 7.79. The summed E-state index contributed by atoms with van der Waals surface area (Å²) in [5.41, 5.74) is 3.81. The average Bonchev–Trinajstić information content (AvgIpc) is 3.32. The zero-order valence-corrected chi connectivity index (χ0v) is 17.1.